The molecule has 34 heavy (non-hydrogen) atoms. The summed E-state index contributed by atoms with van der Waals surface area (Å²) in [6.07, 6.45) is -0.599. The Morgan fingerprint density at radius 2 is 2.00 bits per heavy atom. The van der Waals surface area contributed by atoms with Crippen LogP contribution in [0.25, 0.3) is 0 Å². The average molecular weight is 487 g/mol. The van der Waals surface area contributed by atoms with Crippen LogP contribution < -0.4 is 15.1 Å². The summed E-state index contributed by atoms with van der Waals surface area (Å²) in [5.41, 5.74) is 0.933. The zero-order valence-electron chi connectivity index (χ0n) is 19.1. The number of carbonyl (C=O) groups is 3. The Hall–Kier alpha value is -3.14. The summed E-state index contributed by atoms with van der Waals surface area (Å²) in [4.78, 5) is 42.2. The third-order valence-corrected chi connectivity index (χ3v) is 7.81. The third kappa shape index (κ3) is 4.34. The second kappa shape index (κ2) is 8.90. The topological polar surface area (TPSA) is 82.2 Å². The number of fused-ring (bicyclic) bond motifs is 1. The number of likely N-dealkylation sites (N-methyl/N-ethyl adjacent to an activating group) is 1. The van der Waals surface area contributed by atoms with Crippen LogP contribution in [0, 0.1) is 17.7 Å². The van der Waals surface area contributed by atoms with Gasteiger partial charge in [-0.2, -0.15) is 0 Å². The number of cyclic esters (lactones) is 1. The number of halogens is 1. The van der Waals surface area contributed by atoms with Gasteiger partial charge in [-0.05, 0) is 29.6 Å². The van der Waals surface area contributed by atoms with Crippen molar-refractivity contribution in [3.8, 4) is 0 Å². The first-order valence-electron chi connectivity index (χ1n) is 11.4. The molecule has 1 N–H and O–H groups in total. The number of anilines is 2. The van der Waals surface area contributed by atoms with Crippen LogP contribution in [0.4, 0.5) is 20.6 Å². The van der Waals surface area contributed by atoms with Crippen molar-refractivity contribution in [2.75, 3.05) is 43.0 Å². The number of amides is 3. The molecule has 1 aromatic heterocycles. The summed E-state index contributed by atoms with van der Waals surface area (Å²) < 4.78 is 20.3. The Morgan fingerprint density at radius 3 is 2.65 bits per heavy atom. The van der Waals surface area contributed by atoms with Gasteiger partial charge in [-0.25, -0.2) is 9.18 Å². The predicted molar refractivity (Wildman–Crippen MR) is 126 cm³/mol. The molecule has 0 bridgehead atoms. The van der Waals surface area contributed by atoms with Gasteiger partial charge in [0, 0.05) is 49.8 Å². The van der Waals surface area contributed by atoms with Gasteiger partial charge in [0.1, 0.15) is 11.9 Å². The van der Waals surface area contributed by atoms with E-state index in [1.807, 2.05) is 34.4 Å². The first-order valence-corrected chi connectivity index (χ1v) is 12.2. The quantitative estimate of drug-likeness (QED) is 0.650. The van der Waals surface area contributed by atoms with Crippen LogP contribution in [0.3, 0.4) is 0 Å². The number of nitrogens with zero attached hydrogens (tertiary/aromatic N) is 3. The number of hydrogen-bond acceptors (Lipinski definition) is 6. The molecule has 2 unspecified atom stereocenters. The van der Waals surface area contributed by atoms with E-state index in [0.717, 1.165) is 4.88 Å². The predicted octanol–water partition coefficient (Wildman–Crippen LogP) is 2.48. The smallest absolute Gasteiger partial charge is 0.414 e. The highest BCUT2D eigenvalue weighted by Gasteiger charge is 2.58. The van der Waals surface area contributed by atoms with Crippen molar-refractivity contribution in [2.24, 2.45) is 11.8 Å². The lowest BCUT2D eigenvalue weighted by molar-refractivity contribution is -0.130. The van der Waals surface area contributed by atoms with Crippen molar-refractivity contribution < 1.29 is 23.5 Å². The first kappa shape index (κ1) is 22.6. The van der Waals surface area contributed by atoms with Gasteiger partial charge in [-0.1, -0.05) is 6.07 Å². The summed E-state index contributed by atoms with van der Waals surface area (Å²) in [6.45, 7) is 3.27. The van der Waals surface area contributed by atoms with E-state index in [-0.39, 0.29) is 30.9 Å². The lowest BCUT2D eigenvalue weighted by Gasteiger charge is -2.26. The number of hydrogen-bond donors (Lipinski definition) is 1. The summed E-state index contributed by atoms with van der Waals surface area (Å²) in [6, 6.07) is 8.92. The summed E-state index contributed by atoms with van der Waals surface area (Å²) in [5.74, 6) is 0.224. The molecule has 0 spiro atoms. The number of rotatable bonds is 7. The summed E-state index contributed by atoms with van der Waals surface area (Å²) in [5, 5.41) is 4.60. The van der Waals surface area contributed by atoms with E-state index in [0.29, 0.717) is 42.7 Å². The Labute approximate surface area is 201 Å². The fourth-order valence-corrected chi connectivity index (χ4v) is 5.83. The van der Waals surface area contributed by atoms with Gasteiger partial charge in [0.15, 0.2) is 0 Å². The summed E-state index contributed by atoms with van der Waals surface area (Å²) in [7, 11) is 1.87. The maximum atomic E-state index is 15.0. The highest BCUT2D eigenvalue weighted by atomic mass is 32.1. The second-order valence-corrected chi connectivity index (χ2v) is 10.2. The van der Waals surface area contributed by atoms with Gasteiger partial charge in [0.05, 0.1) is 30.9 Å². The lowest BCUT2D eigenvalue weighted by atomic mass is 10.2. The number of thiophene rings is 1. The molecule has 5 rings (SSSR count). The molecule has 0 radical (unpaired) electrons. The standard InChI is InChI=1S/C24H27FN4O4S/c1-14(30)26-10-16-11-29(24(32)33-16)15-5-6-21(20(25)8-15)28-12-18-19(13-28)23(18)27(2)22(31)9-17-4-3-7-34-17/h3-8,16,18-19,23H,9-13H2,1-2H3,(H,26,30)/t16-,18?,19?,23?/m0/s1. The fourth-order valence-electron chi connectivity index (χ4n) is 5.14. The second-order valence-electron chi connectivity index (χ2n) is 9.17. The van der Waals surface area contributed by atoms with Crippen LogP contribution in [0.2, 0.25) is 0 Å². The van der Waals surface area contributed by atoms with Crippen molar-refractivity contribution in [3.05, 3.63) is 46.4 Å². The van der Waals surface area contributed by atoms with E-state index in [9.17, 15) is 14.4 Å². The maximum Gasteiger partial charge on any atom is 0.414 e. The lowest BCUT2D eigenvalue weighted by Crippen LogP contribution is -2.37. The van der Waals surface area contributed by atoms with Gasteiger partial charge in [0.25, 0.3) is 0 Å². The molecule has 3 atom stereocenters. The Kier molecular flexibility index (Phi) is 5.93. The van der Waals surface area contributed by atoms with Gasteiger partial charge in [-0.3, -0.25) is 14.5 Å². The Bertz CT molecular complexity index is 1100. The molecule has 3 aliphatic rings. The van der Waals surface area contributed by atoms with Gasteiger partial charge < -0.3 is 19.9 Å². The van der Waals surface area contributed by atoms with Crippen LogP contribution in [0.15, 0.2) is 35.7 Å². The van der Waals surface area contributed by atoms with E-state index in [1.54, 1.807) is 23.5 Å². The Morgan fingerprint density at radius 1 is 1.24 bits per heavy atom. The van der Waals surface area contributed by atoms with Crippen LogP contribution in [-0.2, 0) is 20.7 Å². The molecule has 1 aromatic carbocycles. The van der Waals surface area contributed by atoms with E-state index < -0.39 is 18.0 Å². The minimum Gasteiger partial charge on any atom is -0.442 e. The Balaban J connectivity index is 1.17. The van der Waals surface area contributed by atoms with E-state index in [2.05, 4.69) is 5.32 Å². The van der Waals surface area contributed by atoms with Gasteiger partial charge in [-0.15, -0.1) is 11.3 Å². The molecule has 2 aromatic rings. The number of piperidine rings is 1. The normalized spacial score (nSPS) is 25.2. The number of nitrogens with one attached hydrogen (secondary N) is 1. The zero-order chi connectivity index (χ0) is 24.0. The highest BCUT2D eigenvalue weighted by Crippen LogP contribution is 2.50. The number of ether oxygens (including phenoxy) is 1. The molecule has 3 heterocycles. The maximum absolute atomic E-state index is 15.0. The third-order valence-electron chi connectivity index (χ3n) is 6.93. The molecule has 2 aliphatic heterocycles. The molecule has 3 fully saturated rings. The van der Waals surface area contributed by atoms with Crippen molar-refractivity contribution in [1.29, 1.82) is 0 Å². The first-order chi connectivity index (χ1) is 16.3. The van der Waals surface area contributed by atoms with Crippen LogP contribution in [0.1, 0.15) is 11.8 Å². The summed E-state index contributed by atoms with van der Waals surface area (Å²) >= 11 is 1.59. The minimum absolute atomic E-state index is 0.123. The number of benzene rings is 1. The zero-order valence-corrected chi connectivity index (χ0v) is 19.9. The van der Waals surface area contributed by atoms with Crippen molar-refractivity contribution in [2.45, 2.75) is 25.5 Å². The molecule has 2 saturated heterocycles. The monoisotopic (exact) mass is 486 g/mol. The molecular weight excluding hydrogens is 459 g/mol. The highest BCUT2D eigenvalue weighted by molar-refractivity contribution is 7.10. The van der Waals surface area contributed by atoms with E-state index in [1.165, 1.54) is 17.9 Å². The molecule has 1 aliphatic carbocycles. The van der Waals surface area contributed by atoms with Crippen LogP contribution in [-0.4, -0.2) is 68.2 Å². The van der Waals surface area contributed by atoms with Crippen LogP contribution in [0.5, 0.6) is 0 Å². The molecule has 3 amide bonds. The van der Waals surface area contributed by atoms with Gasteiger partial charge in [0.2, 0.25) is 11.8 Å². The SMILES string of the molecule is CC(=O)NC[C@H]1CN(c2ccc(N3CC4C(C3)C4N(C)C(=O)Cc3cccs3)c(F)c2)C(=O)O1. The molecule has 180 valence electrons. The number of carbonyl (C=O) groups excluding carboxylic acids is 3. The molecular formula is C24H27FN4O4S. The van der Waals surface area contributed by atoms with Crippen molar-refractivity contribution >= 4 is 40.6 Å². The molecule has 1 saturated carbocycles. The van der Waals surface area contributed by atoms with E-state index in [4.69, 9.17) is 4.74 Å². The van der Waals surface area contributed by atoms with E-state index >= 15 is 4.39 Å². The van der Waals surface area contributed by atoms with Crippen LogP contribution >= 0.6 is 11.3 Å². The van der Waals surface area contributed by atoms with Crippen molar-refractivity contribution in [3.63, 3.8) is 0 Å². The molecule has 10 heteroatoms. The largest absolute Gasteiger partial charge is 0.442 e. The average Bonchev–Trinajstić information content (AvgIpc) is 3.24. The minimum atomic E-state index is -0.553. The van der Waals surface area contributed by atoms with Gasteiger partial charge >= 0.3 is 6.09 Å². The molecule has 8 nitrogen and oxygen atoms in total. The fraction of sp³-hybridized carbons (Fsp3) is 0.458. The van der Waals surface area contributed by atoms with Crippen molar-refractivity contribution in [1.82, 2.24) is 10.2 Å².